The van der Waals surface area contributed by atoms with Crippen molar-refractivity contribution in [3.63, 3.8) is 0 Å². The third-order valence-electron chi connectivity index (χ3n) is 6.97. The fourth-order valence-electron chi connectivity index (χ4n) is 5.00. The summed E-state index contributed by atoms with van der Waals surface area (Å²) in [4.78, 5) is 40.8. The maximum absolute atomic E-state index is 12.0. The van der Waals surface area contributed by atoms with Gasteiger partial charge in [0, 0.05) is 49.6 Å². The van der Waals surface area contributed by atoms with Gasteiger partial charge in [-0.1, -0.05) is 23.2 Å². The van der Waals surface area contributed by atoms with Crippen LogP contribution in [0.2, 0.25) is 10.0 Å². The normalized spacial score (nSPS) is 18.1. The van der Waals surface area contributed by atoms with Crippen molar-refractivity contribution < 1.29 is 19.1 Å². The van der Waals surface area contributed by atoms with Crippen molar-refractivity contribution >= 4 is 53.0 Å². The van der Waals surface area contributed by atoms with E-state index < -0.39 is 0 Å². The summed E-state index contributed by atoms with van der Waals surface area (Å²) in [6, 6.07) is 4.94. The Morgan fingerprint density at radius 1 is 1.15 bits per heavy atom. The number of hydrogen-bond acceptors (Lipinski definition) is 9. The highest BCUT2D eigenvalue weighted by atomic mass is 35.5. The van der Waals surface area contributed by atoms with Crippen LogP contribution in [0.3, 0.4) is 0 Å². The summed E-state index contributed by atoms with van der Waals surface area (Å²) in [6.45, 7) is 2.86. The zero-order valence-electron chi connectivity index (χ0n) is 21.6. The molecular weight excluding hydrogens is 545 g/mol. The number of carbonyl (C=O) groups is 2. The highest BCUT2D eigenvalue weighted by Gasteiger charge is 2.33. The summed E-state index contributed by atoms with van der Waals surface area (Å²) in [6.07, 6.45) is 4.72. The van der Waals surface area contributed by atoms with E-state index in [9.17, 15) is 9.59 Å². The zero-order valence-corrected chi connectivity index (χ0v) is 23.1. The van der Waals surface area contributed by atoms with E-state index in [2.05, 4.69) is 20.6 Å². The van der Waals surface area contributed by atoms with Crippen LogP contribution in [0.5, 0.6) is 11.5 Å². The summed E-state index contributed by atoms with van der Waals surface area (Å²) < 4.78 is 10.9. The number of nitrogens with one attached hydrogen (secondary N) is 2. The number of ether oxygens (including phenoxy) is 2. The van der Waals surface area contributed by atoms with Gasteiger partial charge in [-0.15, -0.1) is 0 Å². The molecule has 1 fully saturated rings. The molecule has 0 aliphatic carbocycles. The Bertz CT molecular complexity index is 1400. The van der Waals surface area contributed by atoms with Crippen molar-refractivity contribution in [3.05, 3.63) is 46.2 Å². The molecule has 1 aromatic carbocycles. The van der Waals surface area contributed by atoms with E-state index in [1.165, 1.54) is 21.1 Å². The van der Waals surface area contributed by atoms with Gasteiger partial charge in [-0.05, 0) is 18.6 Å². The minimum atomic E-state index is -0.263. The van der Waals surface area contributed by atoms with E-state index in [0.29, 0.717) is 77.2 Å². The van der Waals surface area contributed by atoms with Crippen molar-refractivity contribution in [3.8, 4) is 22.8 Å². The predicted octanol–water partition coefficient (Wildman–Crippen LogP) is 3.66. The smallest absolute Gasteiger partial charge is 0.223 e. The number of rotatable bonds is 7. The topological polar surface area (TPSA) is 122 Å². The molecule has 2 unspecified atom stereocenters. The first kappa shape index (κ1) is 26.8. The van der Waals surface area contributed by atoms with Gasteiger partial charge >= 0.3 is 0 Å². The van der Waals surface area contributed by atoms with Crippen molar-refractivity contribution in [1.29, 1.82) is 0 Å². The van der Waals surface area contributed by atoms with Gasteiger partial charge in [0.15, 0.2) is 0 Å². The lowest BCUT2D eigenvalue weighted by molar-refractivity contribution is -0.130. The van der Waals surface area contributed by atoms with Crippen LogP contribution in [0.4, 0.5) is 17.5 Å². The molecule has 0 bridgehead atoms. The monoisotopic (exact) mass is 571 g/mol. The van der Waals surface area contributed by atoms with Gasteiger partial charge in [0.2, 0.25) is 18.3 Å². The molecule has 0 radical (unpaired) electrons. The Morgan fingerprint density at radius 2 is 1.90 bits per heavy atom. The number of fused-ring (bicyclic) bond motifs is 3. The first-order chi connectivity index (χ1) is 18.9. The molecule has 5 rings (SSSR count). The first-order valence-corrected chi connectivity index (χ1v) is 13.0. The lowest BCUT2D eigenvalue weighted by Crippen LogP contribution is -2.56. The van der Waals surface area contributed by atoms with Gasteiger partial charge in [-0.3, -0.25) is 9.59 Å². The van der Waals surface area contributed by atoms with E-state index in [0.717, 1.165) is 11.1 Å². The highest BCUT2D eigenvalue weighted by molar-refractivity contribution is 6.41. The number of halogens is 2. The van der Waals surface area contributed by atoms with Crippen LogP contribution >= 0.6 is 23.2 Å². The van der Waals surface area contributed by atoms with Crippen LogP contribution < -0.4 is 25.0 Å². The Kier molecular flexibility index (Phi) is 7.62. The van der Waals surface area contributed by atoms with Gasteiger partial charge < -0.3 is 29.9 Å². The molecule has 2 amide bonds. The molecule has 204 valence electrons. The van der Waals surface area contributed by atoms with Gasteiger partial charge in [0.1, 0.15) is 27.4 Å². The summed E-state index contributed by atoms with van der Waals surface area (Å²) >= 11 is 13.5. The molecule has 2 aliphatic heterocycles. The number of hydrogen-bond donors (Lipinski definition) is 2. The van der Waals surface area contributed by atoms with Crippen molar-refractivity contribution in [2.45, 2.75) is 32.0 Å². The van der Waals surface area contributed by atoms with Crippen LogP contribution in [0.25, 0.3) is 11.3 Å². The van der Waals surface area contributed by atoms with E-state index in [1.54, 1.807) is 23.4 Å². The number of likely N-dealkylation sites (tertiary alicyclic amines) is 1. The fourth-order valence-corrected chi connectivity index (χ4v) is 5.70. The lowest BCUT2D eigenvalue weighted by Gasteiger charge is -2.38. The first-order valence-electron chi connectivity index (χ1n) is 12.3. The number of benzene rings is 1. The Labute approximate surface area is 235 Å². The fraction of sp³-hybridized carbons (Fsp3) is 0.346. The van der Waals surface area contributed by atoms with Crippen LogP contribution in [0.1, 0.15) is 18.9 Å². The minimum absolute atomic E-state index is 0.0238. The maximum atomic E-state index is 12.0. The largest absolute Gasteiger partial charge is 0.495 e. The molecular formula is C26H27Cl2N7O4. The molecule has 13 heteroatoms. The SMILES string of the molecule is COc1cc(OC)c(Cl)c(N2Cc3cnc(NC4CN(C(C)=O)CCC4NC=O)nc3-c3cccnc32)c1Cl. The van der Waals surface area contributed by atoms with Crippen LogP contribution in [-0.2, 0) is 16.1 Å². The number of nitrogens with zero attached hydrogens (tertiary/aromatic N) is 5. The van der Waals surface area contributed by atoms with Crippen LogP contribution in [0, 0.1) is 0 Å². The van der Waals surface area contributed by atoms with Gasteiger partial charge in [0.25, 0.3) is 0 Å². The highest BCUT2D eigenvalue weighted by Crippen LogP contribution is 2.51. The molecule has 2 atom stereocenters. The number of carbonyl (C=O) groups excluding carboxylic acids is 2. The molecule has 2 N–H and O–H groups in total. The average molecular weight is 572 g/mol. The second kappa shape index (κ2) is 11.1. The number of aromatic nitrogens is 3. The summed E-state index contributed by atoms with van der Waals surface area (Å²) in [5, 5.41) is 6.82. The predicted molar refractivity (Wildman–Crippen MR) is 148 cm³/mol. The molecule has 3 aromatic rings. The third kappa shape index (κ3) is 4.99. The number of amides is 2. The number of anilines is 3. The Balaban J connectivity index is 1.52. The molecule has 1 saturated heterocycles. The van der Waals surface area contributed by atoms with E-state index >= 15 is 0 Å². The second-order valence-corrected chi connectivity index (χ2v) is 9.94. The minimum Gasteiger partial charge on any atom is -0.495 e. The molecule has 4 heterocycles. The number of pyridine rings is 1. The summed E-state index contributed by atoms with van der Waals surface area (Å²) in [5.41, 5.74) is 2.78. The molecule has 2 aliphatic rings. The lowest BCUT2D eigenvalue weighted by atomic mass is 9.99. The third-order valence-corrected chi connectivity index (χ3v) is 7.70. The standard InChI is InChI=1S/C26H27Cl2N7O4/c1-14(37)34-8-6-17(31-13-36)18(12-34)32-26-30-10-15-11-35(25-16(23(15)33-26)5-4-7-29-25)24-21(27)19(38-2)9-20(39-3)22(24)28/h4-5,7,9-10,13,17-18H,6,8,11-12H2,1-3H3,(H,31,36)(H,30,32,33). The van der Waals surface area contributed by atoms with Gasteiger partial charge in [-0.25, -0.2) is 15.0 Å². The molecule has 39 heavy (non-hydrogen) atoms. The van der Waals surface area contributed by atoms with Gasteiger partial charge in [0.05, 0.1) is 44.2 Å². The molecule has 11 nitrogen and oxygen atoms in total. The summed E-state index contributed by atoms with van der Waals surface area (Å²) in [5.74, 6) is 1.79. The van der Waals surface area contributed by atoms with Crippen LogP contribution in [-0.4, -0.2) is 71.6 Å². The molecule has 0 spiro atoms. The zero-order chi connectivity index (χ0) is 27.7. The average Bonchev–Trinajstić information content (AvgIpc) is 2.94. The van der Waals surface area contributed by atoms with E-state index in [-0.39, 0.29) is 18.0 Å². The number of piperidine rings is 1. The molecule has 0 saturated carbocycles. The van der Waals surface area contributed by atoms with Crippen molar-refractivity contribution in [2.75, 3.05) is 37.5 Å². The van der Waals surface area contributed by atoms with Crippen LogP contribution in [0.15, 0.2) is 30.6 Å². The Hall–Kier alpha value is -3.83. The Morgan fingerprint density at radius 3 is 2.56 bits per heavy atom. The molecule has 2 aromatic heterocycles. The van der Waals surface area contributed by atoms with Crippen molar-refractivity contribution in [2.24, 2.45) is 0 Å². The number of methoxy groups -OCH3 is 2. The second-order valence-electron chi connectivity index (χ2n) is 9.18. The maximum Gasteiger partial charge on any atom is 0.223 e. The van der Waals surface area contributed by atoms with Gasteiger partial charge in [-0.2, -0.15) is 0 Å². The van der Waals surface area contributed by atoms with Crippen molar-refractivity contribution in [1.82, 2.24) is 25.2 Å². The quantitative estimate of drug-likeness (QED) is 0.409. The van der Waals surface area contributed by atoms with E-state index in [4.69, 9.17) is 37.7 Å². The summed E-state index contributed by atoms with van der Waals surface area (Å²) in [7, 11) is 3.05. The van der Waals surface area contributed by atoms with E-state index in [1.807, 2.05) is 17.0 Å².